The van der Waals surface area contributed by atoms with Crippen LogP contribution in [0.5, 0.6) is 0 Å². The highest BCUT2D eigenvalue weighted by atomic mass is 16.5. The lowest BCUT2D eigenvalue weighted by atomic mass is 9.84. The third-order valence-corrected chi connectivity index (χ3v) is 8.67. The molecule has 4 heterocycles. The number of nitrogens with zero attached hydrogens (tertiary/aromatic N) is 3. The number of hydrogen-bond acceptors (Lipinski definition) is 7. The van der Waals surface area contributed by atoms with Gasteiger partial charge < -0.3 is 20.3 Å². The lowest BCUT2D eigenvalue weighted by molar-refractivity contribution is -0.130. The summed E-state index contributed by atoms with van der Waals surface area (Å²) in [5.74, 6) is -0.112. The van der Waals surface area contributed by atoms with Crippen molar-refractivity contribution in [1.29, 1.82) is 5.26 Å². The Hall–Kier alpha value is -2.67. The van der Waals surface area contributed by atoms with Crippen LogP contribution in [0.3, 0.4) is 0 Å². The van der Waals surface area contributed by atoms with Crippen molar-refractivity contribution in [2.45, 2.75) is 81.7 Å². The summed E-state index contributed by atoms with van der Waals surface area (Å²) >= 11 is 0. The fourth-order valence-corrected chi connectivity index (χ4v) is 6.94. The zero-order valence-electron chi connectivity index (χ0n) is 20.1. The molecule has 35 heavy (non-hydrogen) atoms. The summed E-state index contributed by atoms with van der Waals surface area (Å²) in [5, 5.41) is 18.4. The molecule has 0 radical (unpaired) electrons. The van der Waals surface area contributed by atoms with Gasteiger partial charge in [0.2, 0.25) is 5.91 Å². The molecule has 1 aromatic rings. The van der Waals surface area contributed by atoms with Crippen molar-refractivity contribution >= 4 is 17.5 Å². The molecular formula is C26H34N6O3. The number of hydrogen-bond donors (Lipinski definition) is 3. The number of ether oxygens (including phenoxy) is 1. The zero-order valence-corrected chi connectivity index (χ0v) is 20.1. The molecule has 5 aliphatic rings. The molecule has 9 heteroatoms. The highest BCUT2D eigenvalue weighted by molar-refractivity contribution is 5.99. The summed E-state index contributed by atoms with van der Waals surface area (Å²) in [7, 11) is 0. The fraction of sp³-hybridized carbons (Fsp3) is 0.654. The van der Waals surface area contributed by atoms with Crippen LogP contribution in [0.25, 0.3) is 0 Å². The standard InChI is InChI=1S/C26H34N6O3/c27-11-10-26(9-3-13-35-16-26)32-21-8-12-28-24(33)22(21)23(30-32)29-18-6-7-20-17(14-18)15-31(25(20)34)19-4-1-2-5-19/h6-7,14,19,21-23,29-30H,1-5,8-10,12-13,15-16H2,(H,28,33)/t21?,22?,23?,26-/m0/s1. The van der Waals surface area contributed by atoms with Crippen molar-refractivity contribution in [3.8, 4) is 6.07 Å². The predicted octanol–water partition coefficient (Wildman–Crippen LogP) is 2.11. The van der Waals surface area contributed by atoms with Crippen molar-refractivity contribution in [2.24, 2.45) is 5.92 Å². The molecule has 186 valence electrons. The van der Waals surface area contributed by atoms with Crippen molar-refractivity contribution in [2.75, 3.05) is 25.1 Å². The molecule has 9 nitrogen and oxygen atoms in total. The summed E-state index contributed by atoms with van der Waals surface area (Å²) in [5.41, 5.74) is 5.90. The van der Waals surface area contributed by atoms with Gasteiger partial charge >= 0.3 is 0 Å². The smallest absolute Gasteiger partial charge is 0.254 e. The molecular weight excluding hydrogens is 444 g/mol. The Morgan fingerprint density at radius 2 is 2.06 bits per heavy atom. The van der Waals surface area contributed by atoms with Gasteiger partial charge in [-0.3, -0.25) is 9.59 Å². The van der Waals surface area contributed by atoms with Crippen molar-refractivity contribution in [3.63, 3.8) is 0 Å². The second-order valence-electron chi connectivity index (χ2n) is 10.8. The molecule has 3 N–H and O–H groups in total. The molecule has 4 atom stereocenters. The number of anilines is 1. The SMILES string of the molecule is N#CC[C@@]1(N2NC(Nc3ccc4c(c3)CN(C3CCCC3)C4=O)C3C(=O)NCCC32)CCCOC1. The maximum atomic E-state index is 13.0. The van der Waals surface area contributed by atoms with E-state index in [1.807, 2.05) is 17.0 Å². The molecule has 0 spiro atoms. The van der Waals surface area contributed by atoms with Gasteiger partial charge in [0.15, 0.2) is 0 Å². The van der Waals surface area contributed by atoms with Gasteiger partial charge in [-0.2, -0.15) is 5.26 Å². The van der Waals surface area contributed by atoms with Crippen molar-refractivity contribution < 1.29 is 14.3 Å². The number of benzene rings is 1. The van der Waals surface area contributed by atoms with Gasteiger partial charge in [0.05, 0.1) is 30.6 Å². The van der Waals surface area contributed by atoms with Gasteiger partial charge in [-0.15, -0.1) is 0 Å². The molecule has 4 aliphatic heterocycles. The zero-order chi connectivity index (χ0) is 24.0. The maximum absolute atomic E-state index is 13.0. The minimum Gasteiger partial charge on any atom is -0.379 e. The molecule has 1 saturated carbocycles. The normalized spacial score (nSPS) is 33.3. The second-order valence-corrected chi connectivity index (χ2v) is 10.8. The van der Waals surface area contributed by atoms with Crippen LogP contribution >= 0.6 is 0 Å². The predicted molar refractivity (Wildman–Crippen MR) is 129 cm³/mol. The van der Waals surface area contributed by atoms with E-state index in [0.29, 0.717) is 38.8 Å². The number of hydrazine groups is 1. The first-order valence-corrected chi connectivity index (χ1v) is 13.1. The van der Waals surface area contributed by atoms with E-state index in [2.05, 4.69) is 33.2 Å². The van der Waals surface area contributed by atoms with Crippen LogP contribution in [-0.2, 0) is 16.1 Å². The number of amides is 2. The van der Waals surface area contributed by atoms with Gasteiger partial charge in [0.1, 0.15) is 6.17 Å². The number of fused-ring (bicyclic) bond motifs is 2. The highest BCUT2D eigenvalue weighted by Crippen LogP contribution is 2.39. The van der Waals surface area contributed by atoms with Crippen molar-refractivity contribution in [3.05, 3.63) is 29.3 Å². The minimum atomic E-state index is -0.434. The Kier molecular flexibility index (Phi) is 5.91. The number of piperidine rings is 1. The Morgan fingerprint density at radius 3 is 2.83 bits per heavy atom. The number of nitrogens with one attached hydrogen (secondary N) is 3. The maximum Gasteiger partial charge on any atom is 0.254 e. The van der Waals surface area contributed by atoms with Gasteiger partial charge in [-0.25, -0.2) is 10.4 Å². The largest absolute Gasteiger partial charge is 0.379 e. The molecule has 1 aromatic carbocycles. The molecule has 0 aromatic heterocycles. The lowest BCUT2D eigenvalue weighted by Crippen LogP contribution is -2.61. The molecule has 4 fully saturated rings. The quantitative estimate of drug-likeness (QED) is 0.595. The molecule has 2 amide bonds. The van der Waals surface area contributed by atoms with E-state index in [1.54, 1.807) is 0 Å². The number of nitriles is 1. The highest BCUT2D eigenvalue weighted by Gasteiger charge is 2.54. The molecule has 1 aliphatic carbocycles. The van der Waals surface area contributed by atoms with E-state index in [9.17, 15) is 14.9 Å². The first kappa shape index (κ1) is 22.8. The molecule has 3 saturated heterocycles. The Bertz CT molecular complexity index is 1040. The molecule has 3 unspecified atom stereocenters. The summed E-state index contributed by atoms with van der Waals surface area (Å²) in [4.78, 5) is 28.0. The van der Waals surface area contributed by atoms with Crippen LogP contribution in [0.15, 0.2) is 18.2 Å². The lowest BCUT2D eigenvalue weighted by Gasteiger charge is -2.46. The topological polar surface area (TPSA) is 110 Å². The Balaban J connectivity index is 1.24. The van der Waals surface area contributed by atoms with Gasteiger partial charge in [-0.05, 0) is 55.9 Å². The van der Waals surface area contributed by atoms with E-state index >= 15 is 0 Å². The number of carbonyl (C=O) groups excluding carboxylic acids is 2. The average Bonchev–Trinajstić information content (AvgIpc) is 3.59. The monoisotopic (exact) mass is 478 g/mol. The fourth-order valence-electron chi connectivity index (χ4n) is 6.94. The minimum absolute atomic E-state index is 0.00911. The molecule has 6 rings (SSSR count). The third-order valence-electron chi connectivity index (χ3n) is 8.67. The van der Waals surface area contributed by atoms with Crippen LogP contribution < -0.4 is 16.1 Å². The summed E-state index contributed by atoms with van der Waals surface area (Å²) < 4.78 is 5.83. The first-order chi connectivity index (χ1) is 17.1. The van der Waals surface area contributed by atoms with E-state index in [-0.39, 0.29) is 29.9 Å². The van der Waals surface area contributed by atoms with Gasteiger partial charge in [-0.1, -0.05) is 12.8 Å². The van der Waals surface area contributed by atoms with Crippen LogP contribution in [0, 0.1) is 17.2 Å². The van der Waals surface area contributed by atoms with Crippen LogP contribution in [0.2, 0.25) is 0 Å². The average molecular weight is 479 g/mol. The number of carbonyl (C=O) groups is 2. The van der Waals surface area contributed by atoms with Gasteiger partial charge in [0.25, 0.3) is 5.91 Å². The second kappa shape index (κ2) is 9.08. The number of rotatable bonds is 5. The summed E-state index contributed by atoms with van der Waals surface area (Å²) in [6.07, 6.45) is 7.23. The Labute approximate surface area is 206 Å². The molecule has 0 bridgehead atoms. The van der Waals surface area contributed by atoms with E-state index in [0.717, 1.165) is 48.9 Å². The van der Waals surface area contributed by atoms with E-state index < -0.39 is 5.54 Å². The summed E-state index contributed by atoms with van der Waals surface area (Å²) in [6.45, 7) is 2.49. The third kappa shape index (κ3) is 3.88. The Morgan fingerprint density at radius 1 is 1.20 bits per heavy atom. The van der Waals surface area contributed by atoms with Crippen LogP contribution in [-0.4, -0.2) is 65.3 Å². The van der Waals surface area contributed by atoms with Crippen molar-refractivity contribution in [1.82, 2.24) is 20.7 Å². The van der Waals surface area contributed by atoms with Gasteiger partial charge in [0, 0.05) is 43.0 Å². The van der Waals surface area contributed by atoms with Crippen LogP contribution in [0.1, 0.15) is 67.3 Å². The first-order valence-electron chi connectivity index (χ1n) is 13.1. The van der Waals surface area contributed by atoms with Crippen LogP contribution in [0.4, 0.5) is 5.69 Å². The van der Waals surface area contributed by atoms with E-state index in [1.165, 1.54) is 12.8 Å². The van der Waals surface area contributed by atoms with E-state index in [4.69, 9.17) is 4.74 Å². The summed E-state index contributed by atoms with van der Waals surface area (Å²) in [6, 6.07) is 8.65.